The SMILES string of the molecule is CN(Cc1ccccc1Br)C(=O)CC1CSCCN1.Cl. The van der Waals surface area contributed by atoms with Crippen LogP contribution in [0.1, 0.15) is 12.0 Å². The van der Waals surface area contributed by atoms with Gasteiger partial charge in [-0.3, -0.25) is 4.79 Å². The van der Waals surface area contributed by atoms with Crippen LogP contribution in [0.5, 0.6) is 0 Å². The molecule has 2 rings (SSSR count). The number of carbonyl (C=O) groups is 1. The Morgan fingerprint density at radius 3 is 2.90 bits per heavy atom. The Hall–Kier alpha value is -0.230. The molecule has 1 heterocycles. The molecule has 0 radical (unpaired) electrons. The van der Waals surface area contributed by atoms with E-state index >= 15 is 0 Å². The van der Waals surface area contributed by atoms with Crippen molar-refractivity contribution < 1.29 is 4.79 Å². The fourth-order valence-electron chi connectivity index (χ4n) is 2.09. The Labute approximate surface area is 139 Å². The number of benzene rings is 1. The lowest BCUT2D eigenvalue weighted by Crippen LogP contribution is -2.41. The molecule has 1 atom stereocenters. The van der Waals surface area contributed by atoms with Crippen LogP contribution in [0, 0.1) is 0 Å². The maximum atomic E-state index is 12.2. The largest absolute Gasteiger partial charge is 0.341 e. The average molecular weight is 380 g/mol. The summed E-state index contributed by atoms with van der Waals surface area (Å²) < 4.78 is 1.06. The van der Waals surface area contributed by atoms with Gasteiger partial charge in [-0.15, -0.1) is 12.4 Å². The van der Waals surface area contributed by atoms with Gasteiger partial charge in [-0.25, -0.2) is 0 Å². The van der Waals surface area contributed by atoms with Gasteiger partial charge in [0, 0.05) is 48.6 Å². The molecule has 1 saturated heterocycles. The highest BCUT2D eigenvalue weighted by molar-refractivity contribution is 9.10. The van der Waals surface area contributed by atoms with Crippen molar-refractivity contribution >= 4 is 46.0 Å². The Balaban J connectivity index is 0.00000200. The summed E-state index contributed by atoms with van der Waals surface area (Å²) in [4.78, 5) is 14.0. The average Bonchev–Trinajstić information content (AvgIpc) is 2.42. The van der Waals surface area contributed by atoms with Crippen molar-refractivity contribution in [3.05, 3.63) is 34.3 Å². The fourth-order valence-corrected chi connectivity index (χ4v) is 3.45. The zero-order chi connectivity index (χ0) is 13.7. The molecule has 1 aromatic rings. The molecule has 1 unspecified atom stereocenters. The van der Waals surface area contributed by atoms with E-state index in [1.54, 1.807) is 4.90 Å². The predicted octanol–water partition coefficient (Wildman–Crippen LogP) is 2.92. The maximum absolute atomic E-state index is 12.2. The zero-order valence-corrected chi connectivity index (χ0v) is 14.7. The molecular formula is C14H20BrClN2OS. The number of thioether (sulfide) groups is 1. The second-order valence-corrected chi connectivity index (χ2v) is 6.78. The van der Waals surface area contributed by atoms with Gasteiger partial charge >= 0.3 is 0 Å². The van der Waals surface area contributed by atoms with Gasteiger partial charge in [0.05, 0.1) is 0 Å². The minimum Gasteiger partial charge on any atom is -0.341 e. The van der Waals surface area contributed by atoms with Crippen molar-refractivity contribution in [2.24, 2.45) is 0 Å². The summed E-state index contributed by atoms with van der Waals surface area (Å²) in [5.41, 5.74) is 1.14. The van der Waals surface area contributed by atoms with E-state index in [0.29, 0.717) is 19.0 Å². The van der Waals surface area contributed by atoms with Crippen molar-refractivity contribution in [3.8, 4) is 0 Å². The molecule has 0 aliphatic carbocycles. The highest BCUT2D eigenvalue weighted by Gasteiger charge is 2.19. The number of amides is 1. The number of rotatable bonds is 4. The molecular weight excluding hydrogens is 360 g/mol. The van der Waals surface area contributed by atoms with E-state index in [1.165, 1.54) is 0 Å². The predicted molar refractivity (Wildman–Crippen MR) is 91.6 cm³/mol. The summed E-state index contributed by atoms with van der Waals surface area (Å²) in [5, 5.41) is 3.40. The smallest absolute Gasteiger partial charge is 0.224 e. The molecule has 0 aromatic heterocycles. The first kappa shape index (κ1) is 17.8. The van der Waals surface area contributed by atoms with Gasteiger partial charge in [-0.1, -0.05) is 34.1 Å². The summed E-state index contributed by atoms with van der Waals surface area (Å²) in [6, 6.07) is 8.36. The lowest BCUT2D eigenvalue weighted by Gasteiger charge is -2.25. The lowest BCUT2D eigenvalue weighted by atomic mass is 10.2. The van der Waals surface area contributed by atoms with Crippen molar-refractivity contribution in [1.29, 1.82) is 0 Å². The van der Waals surface area contributed by atoms with Gasteiger partial charge in [0.1, 0.15) is 0 Å². The molecule has 6 heteroatoms. The topological polar surface area (TPSA) is 32.3 Å². The Kier molecular flexibility index (Phi) is 7.95. The van der Waals surface area contributed by atoms with Gasteiger partial charge in [0.2, 0.25) is 5.91 Å². The molecule has 0 saturated carbocycles. The highest BCUT2D eigenvalue weighted by atomic mass is 79.9. The van der Waals surface area contributed by atoms with E-state index in [4.69, 9.17) is 0 Å². The number of hydrogen-bond acceptors (Lipinski definition) is 3. The Morgan fingerprint density at radius 1 is 1.50 bits per heavy atom. The van der Waals surface area contributed by atoms with E-state index in [2.05, 4.69) is 21.2 Å². The van der Waals surface area contributed by atoms with Crippen LogP contribution in [0.3, 0.4) is 0 Å². The molecule has 1 fully saturated rings. The first-order chi connectivity index (χ1) is 9.16. The number of nitrogens with one attached hydrogen (secondary N) is 1. The minimum absolute atomic E-state index is 0. The number of carbonyl (C=O) groups excluding carboxylic acids is 1. The third-order valence-electron chi connectivity index (χ3n) is 3.21. The minimum atomic E-state index is 0. The summed E-state index contributed by atoms with van der Waals surface area (Å²) in [5.74, 6) is 2.39. The van der Waals surface area contributed by atoms with Gasteiger partial charge in [0.25, 0.3) is 0 Å². The highest BCUT2D eigenvalue weighted by Crippen LogP contribution is 2.18. The third kappa shape index (κ3) is 5.28. The molecule has 1 aliphatic heterocycles. The molecule has 1 aliphatic rings. The normalized spacial score (nSPS) is 18.2. The third-order valence-corrected chi connectivity index (χ3v) is 5.12. The van der Waals surface area contributed by atoms with E-state index in [-0.39, 0.29) is 18.3 Å². The molecule has 20 heavy (non-hydrogen) atoms. The summed E-state index contributed by atoms with van der Waals surface area (Å²) in [6.45, 7) is 1.66. The van der Waals surface area contributed by atoms with Crippen molar-refractivity contribution in [2.75, 3.05) is 25.1 Å². The number of halogens is 2. The van der Waals surface area contributed by atoms with Crippen LogP contribution in [0.4, 0.5) is 0 Å². The van der Waals surface area contributed by atoms with E-state index in [9.17, 15) is 4.79 Å². The van der Waals surface area contributed by atoms with Crippen LogP contribution in [-0.4, -0.2) is 41.9 Å². The first-order valence-electron chi connectivity index (χ1n) is 6.45. The van der Waals surface area contributed by atoms with E-state index in [1.807, 2.05) is 43.1 Å². The Bertz CT molecular complexity index is 441. The molecule has 3 nitrogen and oxygen atoms in total. The fraction of sp³-hybridized carbons (Fsp3) is 0.500. The standard InChI is InChI=1S/C14H19BrN2OS.ClH/c1-17(9-11-4-2-3-5-13(11)15)14(18)8-12-10-19-7-6-16-12;/h2-5,12,16H,6-10H2,1H3;1H. The molecule has 0 spiro atoms. The second kappa shape index (κ2) is 8.93. The molecule has 1 amide bonds. The van der Waals surface area contributed by atoms with Gasteiger partial charge in [-0.2, -0.15) is 11.8 Å². The van der Waals surface area contributed by atoms with Gasteiger partial charge in [-0.05, 0) is 11.6 Å². The lowest BCUT2D eigenvalue weighted by molar-refractivity contribution is -0.130. The van der Waals surface area contributed by atoms with Crippen molar-refractivity contribution in [2.45, 2.75) is 19.0 Å². The molecule has 0 bridgehead atoms. The van der Waals surface area contributed by atoms with Crippen LogP contribution < -0.4 is 5.32 Å². The molecule has 1 aromatic carbocycles. The maximum Gasteiger partial charge on any atom is 0.224 e. The molecule has 1 N–H and O–H groups in total. The summed E-state index contributed by atoms with van der Waals surface area (Å²) in [7, 11) is 1.87. The number of nitrogens with zero attached hydrogens (tertiary/aromatic N) is 1. The zero-order valence-electron chi connectivity index (χ0n) is 11.5. The quantitative estimate of drug-likeness (QED) is 0.873. The summed E-state index contributed by atoms with van der Waals surface area (Å²) in [6.07, 6.45) is 0.591. The second-order valence-electron chi connectivity index (χ2n) is 4.77. The van der Waals surface area contributed by atoms with Crippen molar-refractivity contribution in [3.63, 3.8) is 0 Å². The van der Waals surface area contributed by atoms with E-state index < -0.39 is 0 Å². The van der Waals surface area contributed by atoms with E-state index in [0.717, 1.165) is 28.1 Å². The Morgan fingerprint density at radius 2 is 2.25 bits per heavy atom. The van der Waals surface area contributed by atoms with Crippen molar-refractivity contribution in [1.82, 2.24) is 10.2 Å². The van der Waals surface area contributed by atoms with Crippen LogP contribution >= 0.6 is 40.1 Å². The first-order valence-corrected chi connectivity index (χ1v) is 8.40. The van der Waals surface area contributed by atoms with Crippen LogP contribution in [0.25, 0.3) is 0 Å². The number of hydrogen-bond donors (Lipinski definition) is 1. The monoisotopic (exact) mass is 378 g/mol. The van der Waals surface area contributed by atoms with Crippen LogP contribution in [-0.2, 0) is 11.3 Å². The van der Waals surface area contributed by atoms with Gasteiger partial charge < -0.3 is 10.2 Å². The van der Waals surface area contributed by atoms with Crippen LogP contribution in [0.2, 0.25) is 0 Å². The summed E-state index contributed by atoms with van der Waals surface area (Å²) >= 11 is 5.44. The molecule has 112 valence electrons. The van der Waals surface area contributed by atoms with Crippen LogP contribution in [0.15, 0.2) is 28.7 Å². The van der Waals surface area contributed by atoms with Gasteiger partial charge in [0.15, 0.2) is 0 Å².